The summed E-state index contributed by atoms with van der Waals surface area (Å²) in [5.41, 5.74) is 0.259. The molecule has 3 rings (SSSR count). The summed E-state index contributed by atoms with van der Waals surface area (Å²) in [4.78, 5) is 12.6. The number of thiophene rings is 1. The maximum Gasteiger partial charge on any atom is 0.252 e. The van der Waals surface area contributed by atoms with E-state index in [2.05, 4.69) is 10.0 Å². The first-order valence-corrected chi connectivity index (χ1v) is 14.2. The molecule has 2 N–H and O–H groups in total. The third-order valence-electron chi connectivity index (χ3n) is 4.45. The van der Waals surface area contributed by atoms with Crippen molar-refractivity contribution in [3.8, 4) is 0 Å². The van der Waals surface area contributed by atoms with Gasteiger partial charge in [0.1, 0.15) is 10.0 Å². The predicted molar refractivity (Wildman–Crippen MR) is 116 cm³/mol. The van der Waals surface area contributed by atoms with Gasteiger partial charge in [-0.3, -0.25) is 9.00 Å². The second-order valence-corrected chi connectivity index (χ2v) is 13.5. The average Bonchev–Trinajstić information content (AvgIpc) is 3.08. The molecule has 0 atom stereocenters. The maximum absolute atomic E-state index is 13.0. The van der Waals surface area contributed by atoms with E-state index in [1.807, 2.05) is 0 Å². The Bertz CT molecular complexity index is 1200. The molecule has 1 aliphatic rings. The van der Waals surface area contributed by atoms with Crippen LogP contribution < -0.4 is 10.0 Å². The number of carbonyl (C=O) groups is 1. The fourth-order valence-corrected chi connectivity index (χ4v) is 8.01. The molecule has 9 nitrogen and oxygen atoms in total. The van der Waals surface area contributed by atoms with E-state index in [9.17, 15) is 30.2 Å². The summed E-state index contributed by atoms with van der Waals surface area (Å²) < 4.78 is 77.8. The first-order valence-electron chi connectivity index (χ1n) is 9.00. The van der Waals surface area contributed by atoms with Crippen LogP contribution in [0.5, 0.6) is 0 Å². The minimum absolute atomic E-state index is 0.0416. The molecule has 31 heavy (non-hydrogen) atoms. The van der Waals surface area contributed by atoms with Gasteiger partial charge in [-0.05, 0) is 37.3 Å². The van der Waals surface area contributed by atoms with Gasteiger partial charge < -0.3 is 5.32 Å². The Hall–Kier alpha value is -1.71. The maximum atomic E-state index is 13.0. The number of rotatable bonds is 7. The minimum Gasteiger partial charge on any atom is -0.324 e. The monoisotopic (exact) mass is 509 g/mol. The molecule has 2 aromatic rings. The van der Waals surface area contributed by atoms with Crippen molar-refractivity contribution in [2.45, 2.75) is 16.0 Å². The number of amides is 1. The SMILES string of the molecule is Cc1sc(S(=O)(=O)N2CCS(=O)CC2)cc1NC(=O)CNS(=O)(=O)c1ccc(F)cc1. The number of sulfonamides is 2. The van der Waals surface area contributed by atoms with E-state index < -0.39 is 49.1 Å². The first kappa shape index (κ1) is 23.9. The highest BCUT2D eigenvalue weighted by Gasteiger charge is 2.30. The van der Waals surface area contributed by atoms with Crippen molar-refractivity contribution in [3.63, 3.8) is 0 Å². The van der Waals surface area contributed by atoms with Gasteiger partial charge in [0.25, 0.3) is 10.0 Å². The van der Waals surface area contributed by atoms with E-state index in [0.29, 0.717) is 4.88 Å². The molecule has 1 aromatic carbocycles. The lowest BCUT2D eigenvalue weighted by atomic mass is 10.4. The minimum atomic E-state index is -4.01. The largest absolute Gasteiger partial charge is 0.324 e. The van der Waals surface area contributed by atoms with Crippen LogP contribution in [0, 0.1) is 12.7 Å². The zero-order chi connectivity index (χ0) is 22.8. The van der Waals surface area contributed by atoms with Crippen LogP contribution >= 0.6 is 11.3 Å². The molecule has 0 unspecified atom stereocenters. The molecule has 0 radical (unpaired) electrons. The van der Waals surface area contributed by atoms with Gasteiger partial charge in [-0.1, -0.05) is 0 Å². The summed E-state index contributed by atoms with van der Waals surface area (Å²) in [6, 6.07) is 5.46. The van der Waals surface area contributed by atoms with Gasteiger partial charge in [0.15, 0.2) is 0 Å². The van der Waals surface area contributed by atoms with E-state index in [-0.39, 0.29) is 39.4 Å². The van der Waals surface area contributed by atoms with Crippen LogP contribution in [0.25, 0.3) is 0 Å². The molecule has 1 aromatic heterocycles. The third-order valence-corrected chi connectivity index (χ3v) is 10.5. The van der Waals surface area contributed by atoms with E-state index in [1.165, 1.54) is 10.4 Å². The van der Waals surface area contributed by atoms with Gasteiger partial charge >= 0.3 is 0 Å². The summed E-state index contributed by atoms with van der Waals surface area (Å²) in [6.07, 6.45) is 0. The lowest BCUT2D eigenvalue weighted by Gasteiger charge is -2.24. The molecule has 0 spiro atoms. The molecule has 0 aliphatic carbocycles. The normalized spacial score (nSPS) is 16.3. The fraction of sp³-hybridized carbons (Fsp3) is 0.353. The molecule has 0 bridgehead atoms. The summed E-state index contributed by atoms with van der Waals surface area (Å²) >= 11 is 0.985. The van der Waals surface area contributed by atoms with Crippen molar-refractivity contribution in [1.82, 2.24) is 9.03 Å². The molecule has 0 saturated carbocycles. The highest BCUT2D eigenvalue weighted by Crippen LogP contribution is 2.32. The first-order chi connectivity index (χ1) is 14.5. The molecular weight excluding hydrogens is 489 g/mol. The summed E-state index contributed by atoms with van der Waals surface area (Å²) in [7, 11) is -8.81. The highest BCUT2D eigenvalue weighted by molar-refractivity contribution is 7.91. The summed E-state index contributed by atoms with van der Waals surface area (Å²) in [5.74, 6) is -0.722. The quantitative estimate of drug-likeness (QED) is 0.570. The van der Waals surface area contributed by atoms with Crippen LogP contribution in [0.2, 0.25) is 0 Å². The number of hydrogen-bond acceptors (Lipinski definition) is 7. The Balaban J connectivity index is 1.65. The number of hydrogen-bond donors (Lipinski definition) is 2. The van der Waals surface area contributed by atoms with Crippen LogP contribution in [-0.4, -0.2) is 62.4 Å². The van der Waals surface area contributed by atoms with Gasteiger partial charge in [0.05, 0.1) is 17.1 Å². The number of nitrogens with one attached hydrogen (secondary N) is 2. The lowest BCUT2D eigenvalue weighted by molar-refractivity contribution is -0.115. The number of carbonyl (C=O) groups excluding carboxylic acids is 1. The average molecular weight is 510 g/mol. The van der Waals surface area contributed by atoms with E-state index >= 15 is 0 Å². The summed E-state index contributed by atoms with van der Waals surface area (Å²) in [6.45, 7) is 1.37. The molecule has 1 saturated heterocycles. The molecule has 1 amide bonds. The molecule has 1 aliphatic heterocycles. The Morgan fingerprint density at radius 1 is 1.16 bits per heavy atom. The Kier molecular flexibility index (Phi) is 7.28. The van der Waals surface area contributed by atoms with Crippen molar-refractivity contribution >= 4 is 53.8 Å². The van der Waals surface area contributed by atoms with Crippen molar-refractivity contribution in [1.29, 1.82) is 0 Å². The van der Waals surface area contributed by atoms with Crippen LogP contribution in [0.15, 0.2) is 39.4 Å². The zero-order valence-corrected chi connectivity index (χ0v) is 19.6. The van der Waals surface area contributed by atoms with Crippen LogP contribution in [0.3, 0.4) is 0 Å². The number of nitrogens with zero attached hydrogens (tertiary/aromatic N) is 1. The highest BCUT2D eigenvalue weighted by atomic mass is 32.2. The van der Waals surface area contributed by atoms with E-state index in [4.69, 9.17) is 0 Å². The number of anilines is 1. The van der Waals surface area contributed by atoms with Crippen molar-refractivity contribution in [2.24, 2.45) is 0 Å². The van der Waals surface area contributed by atoms with Gasteiger partial charge in [-0.15, -0.1) is 11.3 Å². The predicted octanol–water partition coefficient (Wildman–Crippen LogP) is 0.866. The smallest absolute Gasteiger partial charge is 0.252 e. The number of aryl methyl sites for hydroxylation is 1. The van der Waals surface area contributed by atoms with Crippen molar-refractivity contribution in [2.75, 3.05) is 36.5 Å². The van der Waals surface area contributed by atoms with Gasteiger partial charge in [0, 0.05) is 40.3 Å². The topological polar surface area (TPSA) is 130 Å². The Morgan fingerprint density at radius 2 is 1.77 bits per heavy atom. The van der Waals surface area contributed by atoms with Gasteiger partial charge in [-0.2, -0.15) is 4.31 Å². The summed E-state index contributed by atoms with van der Waals surface area (Å²) in [5, 5.41) is 2.50. The van der Waals surface area contributed by atoms with Crippen molar-refractivity contribution < 1.29 is 30.2 Å². The zero-order valence-electron chi connectivity index (χ0n) is 16.3. The number of halogens is 1. The van der Waals surface area contributed by atoms with E-state index in [0.717, 1.165) is 35.6 Å². The standard InChI is InChI=1S/C17H20FN3O6S4/c1-12-15(10-17(28-12)31(26,27)21-6-8-29(23)9-7-21)20-16(22)11-19-30(24,25)14-4-2-13(18)3-5-14/h2-5,10,19H,6-9,11H2,1H3,(H,20,22). The molecule has 1 fully saturated rings. The molecule has 14 heteroatoms. The van der Waals surface area contributed by atoms with Crippen LogP contribution in [0.4, 0.5) is 10.1 Å². The molecule has 2 heterocycles. The Morgan fingerprint density at radius 3 is 2.39 bits per heavy atom. The van der Waals surface area contributed by atoms with E-state index in [1.54, 1.807) is 6.92 Å². The second kappa shape index (κ2) is 9.42. The van der Waals surface area contributed by atoms with Crippen molar-refractivity contribution in [3.05, 3.63) is 41.0 Å². The lowest BCUT2D eigenvalue weighted by Crippen LogP contribution is -2.41. The van der Waals surface area contributed by atoms with Gasteiger partial charge in [0.2, 0.25) is 15.9 Å². The second-order valence-electron chi connectivity index (χ2n) is 6.61. The van der Waals surface area contributed by atoms with Crippen LogP contribution in [-0.2, 0) is 35.6 Å². The van der Waals surface area contributed by atoms with Gasteiger partial charge in [-0.25, -0.2) is 25.9 Å². The number of benzene rings is 1. The Labute approximate surface area is 186 Å². The molecule has 170 valence electrons. The molecular formula is C17H20FN3O6S4. The third kappa shape index (κ3) is 5.75. The fourth-order valence-electron chi connectivity index (χ4n) is 2.75. The van der Waals surface area contributed by atoms with Crippen LogP contribution in [0.1, 0.15) is 4.88 Å².